The molecular formula is C25H31NO4. The Morgan fingerprint density at radius 3 is 2.60 bits per heavy atom. The molecule has 0 saturated heterocycles. The highest BCUT2D eigenvalue weighted by Gasteiger charge is 2.43. The van der Waals surface area contributed by atoms with Gasteiger partial charge in [-0.3, -0.25) is 4.79 Å². The lowest BCUT2D eigenvalue weighted by molar-refractivity contribution is -0.144. The van der Waals surface area contributed by atoms with Crippen molar-refractivity contribution in [3.63, 3.8) is 0 Å². The quantitative estimate of drug-likeness (QED) is 0.725. The van der Waals surface area contributed by atoms with Gasteiger partial charge in [-0.15, -0.1) is 0 Å². The molecule has 1 saturated carbocycles. The molecule has 5 nitrogen and oxygen atoms in total. The van der Waals surface area contributed by atoms with E-state index in [2.05, 4.69) is 19.2 Å². The Morgan fingerprint density at radius 1 is 1.17 bits per heavy atom. The second-order valence-electron chi connectivity index (χ2n) is 9.52. The number of hydrogen-bond acceptors (Lipinski definition) is 5. The summed E-state index contributed by atoms with van der Waals surface area (Å²) in [4.78, 5) is 26.6. The topological polar surface area (TPSA) is 64.6 Å². The van der Waals surface area contributed by atoms with Crippen molar-refractivity contribution in [2.75, 3.05) is 7.11 Å². The molecule has 0 radical (unpaired) electrons. The number of hydrogen-bond donors (Lipinski definition) is 1. The van der Waals surface area contributed by atoms with Crippen molar-refractivity contribution in [3.8, 4) is 5.75 Å². The number of rotatable bonds is 4. The van der Waals surface area contributed by atoms with E-state index >= 15 is 0 Å². The van der Waals surface area contributed by atoms with Crippen LogP contribution in [0.25, 0.3) is 0 Å². The van der Waals surface area contributed by atoms with Gasteiger partial charge in [-0.25, -0.2) is 4.79 Å². The lowest BCUT2D eigenvalue weighted by Crippen LogP contribution is -2.39. The first-order valence-corrected chi connectivity index (χ1v) is 10.9. The minimum absolute atomic E-state index is 0.0277. The van der Waals surface area contributed by atoms with Crippen LogP contribution in [0.3, 0.4) is 0 Å². The summed E-state index contributed by atoms with van der Waals surface area (Å²) < 4.78 is 11.3. The molecule has 1 aliphatic heterocycles. The van der Waals surface area contributed by atoms with Crippen molar-refractivity contribution >= 4 is 11.8 Å². The Bertz CT molecular complexity index is 934. The van der Waals surface area contributed by atoms with Gasteiger partial charge in [0.25, 0.3) is 0 Å². The lowest BCUT2D eigenvalue weighted by Gasteiger charge is -2.39. The van der Waals surface area contributed by atoms with Crippen LogP contribution in [0.1, 0.15) is 70.8 Å². The van der Waals surface area contributed by atoms with Crippen molar-refractivity contribution in [1.29, 1.82) is 0 Å². The van der Waals surface area contributed by atoms with E-state index in [9.17, 15) is 9.59 Å². The van der Waals surface area contributed by atoms with Gasteiger partial charge in [0.05, 0.1) is 12.7 Å². The second-order valence-corrected chi connectivity index (χ2v) is 9.52. The second kappa shape index (κ2) is 7.93. The molecule has 0 unspecified atom stereocenters. The third-order valence-corrected chi connectivity index (χ3v) is 6.46. The molecular weight excluding hydrogens is 378 g/mol. The van der Waals surface area contributed by atoms with Gasteiger partial charge in [0.2, 0.25) is 0 Å². The number of ether oxygens (including phenoxy) is 2. The Hall–Kier alpha value is -2.56. The Balaban J connectivity index is 1.79. The summed E-state index contributed by atoms with van der Waals surface area (Å²) in [7, 11) is 1.62. The molecule has 0 bridgehead atoms. The summed E-state index contributed by atoms with van der Waals surface area (Å²) in [6.45, 7) is 6.13. The maximum absolute atomic E-state index is 13.3. The Labute approximate surface area is 178 Å². The van der Waals surface area contributed by atoms with E-state index in [0.717, 1.165) is 49.1 Å². The highest BCUT2D eigenvalue weighted by Crippen LogP contribution is 2.47. The van der Waals surface area contributed by atoms with Gasteiger partial charge in [0, 0.05) is 29.3 Å². The van der Waals surface area contributed by atoms with Gasteiger partial charge < -0.3 is 14.8 Å². The van der Waals surface area contributed by atoms with Gasteiger partial charge >= 0.3 is 5.97 Å². The monoisotopic (exact) mass is 409 g/mol. The average molecular weight is 410 g/mol. The fraction of sp³-hybridized carbons (Fsp3) is 0.520. The lowest BCUT2D eigenvalue weighted by atomic mass is 9.68. The highest BCUT2D eigenvalue weighted by molar-refractivity contribution is 6.04. The number of esters is 1. The fourth-order valence-corrected chi connectivity index (χ4v) is 5.08. The summed E-state index contributed by atoms with van der Waals surface area (Å²) in [6, 6.07) is 7.66. The van der Waals surface area contributed by atoms with E-state index in [4.69, 9.17) is 9.47 Å². The van der Waals surface area contributed by atoms with E-state index in [1.165, 1.54) is 0 Å². The maximum Gasteiger partial charge on any atom is 0.337 e. The fourth-order valence-electron chi connectivity index (χ4n) is 5.08. The molecule has 0 amide bonds. The SMILES string of the molecule is COc1cccc([C@@H]2C(C(=O)OC3CCCC3)=C(C)NC3=C2C(=O)CC(C)(C)C3)c1. The van der Waals surface area contributed by atoms with Gasteiger partial charge in [-0.05, 0) is 62.1 Å². The highest BCUT2D eigenvalue weighted by atomic mass is 16.5. The van der Waals surface area contributed by atoms with Crippen LogP contribution in [-0.2, 0) is 14.3 Å². The van der Waals surface area contributed by atoms with Gasteiger partial charge in [-0.1, -0.05) is 26.0 Å². The van der Waals surface area contributed by atoms with E-state index in [0.29, 0.717) is 23.3 Å². The largest absolute Gasteiger partial charge is 0.497 e. The van der Waals surface area contributed by atoms with E-state index in [1.807, 2.05) is 31.2 Å². The molecule has 2 aliphatic carbocycles. The molecule has 4 rings (SSSR count). The molecule has 1 N–H and O–H groups in total. The summed E-state index contributed by atoms with van der Waals surface area (Å²) in [5, 5.41) is 3.39. The molecule has 0 spiro atoms. The van der Waals surface area contributed by atoms with Crippen LogP contribution in [0.4, 0.5) is 0 Å². The van der Waals surface area contributed by atoms with Crippen LogP contribution in [0.2, 0.25) is 0 Å². The van der Waals surface area contributed by atoms with Gasteiger partial charge in [-0.2, -0.15) is 0 Å². The smallest absolute Gasteiger partial charge is 0.337 e. The summed E-state index contributed by atoms with van der Waals surface area (Å²) in [5.41, 5.74) is 3.72. The average Bonchev–Trinajstić information content (AvgIpc) is 3.18. The Kier molecular flexibility index (Phi) is 5.48. The molecule has 1 fully saturated rings. The molecule has 0 aromatic heterocycles. The summed E-state index contributed by atoms with van der Waals surface area (Å²) >= 11 is 0. The number of benzene rings is 1. The van der Waals surface area contributed by atoms with Crippen LogP contribution >= 0.6 is 0 Å². The number of dihydropyridines is 1. The van der Waals surface area contributed by atoms with E-state index < -0.39 is 5.92 Å². The first-order valence-electron chi connectivity index (χ1n) is 10.9. The molecule has 1 aromatic rings. The van der Waals surface area contributed by atoms with Gasteiger partial charge in [0.1, 0.15) is 11.9 Å². The van der Waals surface area contributed by atoms with Crippen LogP contribution in [0.15, 0.2) is 46.8 Å². The molecule has 1 aromatic carbocycles. The number of methoxy groups -OCH3 is 1. The molecule has 3 aliphatic rings. The minimum Gasteiger partial charge on any atom is -0.497 e. The van der Waals surface area contributed by atoms with Crippen molar-refractivity contribution < 1.29 is 19.1 Å². The predicted octanol–water partition coefficient (Wildman–Crippen LogP) is 4.79. The predicted molar refractivity (Wildman–Crippen MR) is 115 cm³/mol. The normalized spacial score (nSPS) is 23.9. The number of ketones is 1. The molecule has 1 heterocycles. The van der Waals surface area contributed by atoms with E-state index in [-0.39, 0.29) is 23.3 Å². The zero-order valence-electron chi connectivity index (χ0n) is 18.3. The molecule has 1 atom stereocenters. The number of carbonyl (C=O) groups is 2. The van der Waals surface area contributed by atoms with Crippen LogP contribution in [-0.4, -0.2) is 25.0 Å². The number of Topliss-reactive ketones (excluding diaryl/α,β-unsaturated/α-hetero) is 1. The number of nitrogens with one attached hydrogen (secondary N) is 1. The summed E-state index contributed by atoms with van der Waals surface area (Å²) in [6.07, 6.45) is 5.23. The standard InChI is InChI=1S/C25H31NO4/c1-15-21(24(28)30-17-9-5-6-10-17)22(16-8-7-11-18(12-16)29-4)23-19(26-15)13-25(2,3)14-20(23)27/h7-8,11-12,17,22,26H,5-6,9-10,13-14H2,1-4H3/t22-/m1/s1. The van der Waals surface area contributed by atoms with Crippen molar-refractivity contribution in [3.05, 3.63) is 52.4 Å². The van der Waals surface area contributed by atoms with Crippen molar-refractivity contribution in [2.45, 2.75) is 71.3 Å². The van der Waals surface area contributed by atoms with Crippen molar-refractivity contribution in [2.24, 2.45) is 5.41 Å². The van der Waals surface area contributed by atoms with Crippen LogP contribution in [0.5, 0.6) is 5.75 Å². The van der Waals surface area contributed by atoms with E-state index in [1.54, 1.807) is 7.11 Å². The molecule has 160 valence electrons. The first-order chi connectivity index (χ1) is 14.3. The molecule has 5 heteroatoms. The molecule has 30 heavy (non-hydrogen) atoms. The maximum atomic E-state index is 13.3. The Morgan fingerprint density at radius 2 is 1.90 bits per heavy atom. The minimum atomic E-state index is -0.436. The third-order valence-electron chi connectivity index (χ3n) is 6.46. The van der Waals surface area contributed by atoms with Crippen LogP contribution < -0.4 is 10.1 Å². The zero-order valence-corrected chi connectivity index (χ0v) is 18.3. The first kappa shape index (κ1) is 20.7. The third kappa shape index (κ3) is 3.90. The van der Waals surface area contributed by atoms with Gasteiger partial charge in [0.15, 0.2) is 5.78 Å². The van der Waals surface area contributed by atoms with Crippen molar-refractivity contribution in [1.82, 2.24) is 5.32 Å². The number of allylic oxidation sites excluding steroid dienone is 3. The summed E-state index contributed by atoms with van der Waals surface area (Å²) in [5.74, 6) is 0.0518. The number of carbonyl (C=O) groups excluding carboxylic acids is 2. The van der Waals surface area contributed by atoms with Crippen LogP contribution in [0, 0.1) is 5.41 Å². The zero-order chi connectivity index (χ0) is 21.5.